The van der Waals surface area contributed by atoms with Crippen LogP contribution < -0.4 is 0 Å². The average molecular weight is 187 g/mol. The van der Waals surface area contributed by atoms with E-state index in [4.69, 9.17) is 4.74 Å². The molecule has 0 aromatic carbocycles. The van der Waals surface area contributed by atoms with Crippen molar-refractivity contribution in [3.63, 3.8) is 0 Å². The first kappa shape index (κ1) is 12.4. The Balaban J connectivity index is 3.57. The number of carbonyl (C=O) groups is 1. The maximum atomic E-state index is 11.0. The van der Waals surface area contributed by atoms with Crippen molar-refractivity contribution in [2.45, 2.75) is 39.7 Å². The second-order valence-corrected chi connectivity index (χ2v) is 3.29. The van der Waals surface area contributed by atoms with Crippen LogP contribution in [0.1, 0.15) is 33.6 Å². The van der Waals surface area contributed by atoms with Gasteiger partial charge in [-0.05, 0) is 27.3 Å². The van der Waals surface area contributed by atoms with Crippen molar-refractivity contribution in [1.29, 1.82) is 0 Å². The number of carbonyl (C=O) groups excluding carboxylic acids is 1. The zero-order valence-corrected chi connectivity index (χ0v) is 9.17. The lowest BCUT2D eigenvalue weighted by Crippen LogP contribution is -2.30. The van der Waals surface area contributed by atoms with Gasteiger partial charge in [-0.15, -0.1) is 0 Å². The number of ether oxygens (including phenoxy) is 1. The molecule has 0 radical (unpaired) electrons. The molecule has 0 saturated heterocycles. The first-order valence-corrected chi connectivity index (χ1v) is 4.97. The summed E-state index contributed by atoms with van der Waals surface area (Å²) in [6, 6.07) is 0.537. The largest absolute Gasteiger partial charge is 0.466 e. The molecule has 0 aromatic heterocycles. The van der Waals surface area contributed by atoms with Gasteiger partial charge in [0.15, 0.2) is 0 Å². The molecule has 0 rings (SSSR count). The molecular weight excluding hydrogens is 166 g/mol. The Labute approximate surface area is 81.1 Å². The van der Waals surface area contributed by atoms with E-state index in [-0.39, 0.29) is 5.97 Å². The van der Waals surface area contributed by atoms with Crippen molar-refractivity contribution in [1.82, 2.24) is 4.90 Å². The number of hydrogen-bond donors (Lipinski definition) is 0. The minimum absolute atomic E-state index is 0.0994. The molecule has 0 N–H and O–H groups in total. The first-order valence-electron chi connectivity index (χ1n) is 4.97. The Morgan fingerprint density at radius 3 is 2.54 bits per heavy atom. The van der Waals surface area contributed by atoms with E-state index in [1.54, 1.807) is 0 Å². The molecule has 0 aliphatic heterocycles. The van der Waals surface area contributed by atoms with Crippen LogP contribution in [0, 0.1) is 0 Å². The smallest absolute Gasteiger partial charge is 0.307 e. The van der Waals surface area contributed by atoms with Gasteiger partial charge in [0.05, 0.1) is 13.0 Å². The van der Waals surface area contributed by atoms with Gasteiger partial charge in [-0.2, -0.15) is 0 Å². The van der Waals surface area contributed by atoms with E-state index in [2.05, 4.69) is 18.7 Å². The molecule has 0 bridgehead atoms. The molecule has 0 heterocycles. The highest BCUT2D eigenvalue weighted by molar-refractivity contribution is 5.69. The third-order valence-electron chi connectivity index (χ3n) is 2.32. The van der Waals surface area contributed by atoms with Crippen LogP contribution in [-0.4, -0.2) is 37.1 Å². The summed E-state index contributed by atoms with van der Waals surface area (Å²) >= 11 is 0. The van der Waals surface area contributed by atoms with E-state index in [1.807, 2.05) is 14.0 Å². The maximum absolute atomic E-state index is 11.0. The Morgan fingerprint density at radius 2 is 2.08 bits per heavy atom. The van der Waals surface area contributed by atoms with E-state index in [0.29, 0.717) is 19.1 Å². The number of hydrogen-bond acceptors (Lipinski definition) is 3. The summed E-state index contributed by atoms with van der Waals surface area (Å²) in [5.41, 5.74) is 0. The number of rotatable bonds is 6. The highest BCUT2D eigenvalue weighted by Gasteiger charge is 2.09. The van der Waals surface area contributed by atoms with Crippen LogP contribution in [0.2, 0.25) is 0 Å². The lowest BCUT2D eigenvalue weighted by atomic mass is 10.2. The molecular formula is C10H21NO2. The van der Waals surface area contributed by atoms with Crippen LogP contribution in [0.25, 0.3) is 0 Å². The zero-order valence-electron chi connectivity index (χ0n) is 9.17. The van der Waals surface area contributed by atoms with E-state index in [9.17, 15) is 4.79 Å². The molecule has 78 valence electrons. The molecule has 0 aliphatic carbocycles. The third kappa shape index (κ3) is 5.64. The van der Waals surface area contributed by atoms with Crippen LogP contribution in [0.4, 0.5) is 0 Å². The predicted octanol–water partition coefficient (Wildman–Crippen LogP) is 1.67. The predicted molar refractivity (Wildman–Crippen MR) is 53.6 cm³/mol. The van der Waals surface area contributed by atoms with Gasteiger partial charge in [-0.3, -0.25) is 4.79 Å². The van der Waals surface area contributed by atoms with Crippen molar-refractivity contribution in [3.8, 4) is 0 Å². The Hall–Kier alpha value is -0.570. The second kappa shape index (κ2) is 6.89. The van der Waals surface area contributed by atoms with Crippen LogP contribution in [0.15, 0.2) is 0 Å². The topological polar surface area (TPSA) is 29.5 Å². The Bertz CT molecular complexity index is 148. The summed E-state index contributed by atoms with van der Waals surface area (Å²) in [6.45, 7) is 7.40. The van der Waals surface area contributed by atoms with Crippen LogP contribution in [0.3, 0.4) is 0 Å². The molecule has 0 saturated carbocycles. The maximum Gasteiger partial charge on any atom is 0.307 e. The lowest BCUT2D eigenvalue weighted by molar-refractivity contribution is -0.143. The van der Waals surface area contributed by atoms with Crippen LogP contribution >= 0.6 is 0 Å². The van der Waals surface area contributed by atoms with Gasteiger partial charge in [0.1, 0.15) is 0 Å². The van der Waals surface area contributed by atoms with Crippen molar-refractivity contribution in [2.24, 2.45) is 0 Å². The Morgan fingerprint density at radius 1 is 1.46 bits per heavy atom. The van der Waals surface area contributed by atoms with Gasteiger partial charge in [0.25, 0.3) is 0 Å². The minimum atomic E-state index is -0.0994. The number of esters is 1. The molecule has 3 heteroatoms. The van der Waals surface area contributed by atoms with E-state index in [0.717, 1.165) is 13.0 Å². The van der Waals surface area contributed by atoms with Crippen molar-refractivity contribution in [3.05, 3.63) is 0 Å². The summed E-state index contributed by atoms with van der Waals surface area (Å²) < 4.78 is 4.84. The van der Waals surface area contributed by atoms with Gasteiger partial charge in [-0.1, -0.05) is 6.92 Å². The second-order valence-electron chi connectivity index (χ2n) is 3.29. The summed E-state index contributed by atoms with van der Waals surface area (Å²) in [5, 5.41) is 0. The van der Waals surface area contributed by atoms with Crippen molar-refractivity contribution in [2.75, 3.05) is 20.2 Å². The molecule has 0 spiro atoms. The molecule has 13 heavy (non-hydrogen) atoms. The summed E-state index contributed by atoms with van der Waals surface area (Å²) in [5.74, 6) is -0.0994. The standard InChI is InChI=1S/C10H21NO2/c1-5-9(3)11(4)8-7-10(12)13-6-2/h9H,5-8H2,1-4H3. The fourth-order valence-electron chi connectivity index (χ4n) is 1.03. The normalized spacial score (nSPS) is 13.0. The average Bonchev–Trinajstić information content (AvgIpc) is 2.13. The van der Waals surface area contributed by atoms with E-state index < -0.39 is 0 Å². The molecule has 1 unspecified atom stereocenters. The summed E-state index contributed by atoms with van der Waals surface area (Å²) in [4.78, 5) is 13.2. The molecule has 3 nitrogen and oxygen atoms in total. The molecule has 0 amide bonds. The lowest BCUT2D eigenvalue weighted by Gasteiger charge is -2.22. The quantitative estimate of drug-likeness (QED) is 0.592. The highest BCUT2D eigenvalue weighted by atomic mass is 16.5. The molecule has 0 fully saturated rings. The van der Waals surface area contributed by atoms with Crippen molar-refractivity contribution < 1.29 is 9.53 Å². The van der Waals surface area contributed by atoms with E-state index in [1.165, 1.54) is 0 Å². The minimum Gasteiger partial charge on any atom is -0.466 e. The van der Waals surface area contributed by atoms with Gasteiger partial charge >= 0.3 is 5.97 Å². The first-order chi connectivity index (χ1) is 6.11. The van der Waals surface area contributed by atoms with Crippen molar-refractivity contribution >= 4 is 5.97 Å². The zero-order chi connectivity index (χ0) is 10.3. The monoisotopic (exact) mass is 187 g/mol. The summed E-state index contributed by atoms with van der Waals surface area (Å²) in [7, 11) is 2.04. The fourth-order valence-corrected chi connectivity index (χ4v) is 1.03. The van der Waals surface area contributed by atoms with Crippen LogP contribution in [0.5, 0.6) is 0 Å². The van der Waals surface area contributed by atoms with Crippen LogP contribution in [-0.2, 0) is 9.53 Å². The van der Waals surface area contributed by atoms with Gasteiger partial charge in [-0.25, -0.2) is 0 Å². The fraction of sp³-hybridized carbons (Fsp3) is 0.900. The number of nitrogens with zero attached hydrogens (tertiary/aromatic N) is 1. The SMILES string of the molecule is CCOC(=O)CCN(C)C(C)CC. The third-order valence-corrected chi connectivity index (χ3v) is 2.32. The van der Waals surface area contributed by atoms with Gasteiger partial charge in [0, 0.05) is 12.6 Å². The van der Waals surface area contributed by atoms with Gasteiger partial charge < -0.3 is 9.64 Å². The molecule has 0 aliphatic rings. The molecule has 0 aromatic rings. The summed E-state index contributed by atoms with van der Waals surface area (Å²) in [6.07, 6.45) is 1.61. The van der Waals surface area contributed by atoms with E-state index >= 15 is 0 Å². The van der Waals surface area contributed by atoms with Gasteiger partial charge in [0.2, 0.25) is 0 Å². The Kier molecular flexibility index (Phi) is 6.59. The molecule has 1 atom stereocenters. The highest BCUT2D eigenvalue weighted by Crippen LogP contribution is 2.01.